The van der Waals surface area contributed by atoms with Crippen molar-refractivity contribution in [1.29, 1.82) is 0 Å². The second-order valence-electron chi connectivity index (χ2n) is 5.44. The van der Waals surface area contributed by atoms with E-state index in [-0.39, 0.29) is 11.9 Å². The van der Waals surface area contributed by atoms with Crippen molar-refractivity contribution in [2.45, 2.75) is 26.8 Å². The Kier molecular flexibility index (Phi) is 4.97. The van der Waals surface area contributed by atoms with Gasteiger partial charge in [0.15, 0.2) is 0 Å². The van der Waals surface area contributed by atoms with Crippen LogP contribution in [0.1, 0.15) is 29.7 Å². The number of rotatable bonds is 5. The molecule has 112 valence electrons. The summed E-state index contributed by atoms with van der Waals surface area (Å²) < 4.78 is 13.9. The summed E-state index contributed by atoms with van der Waals surface area (Å²) in [5.74, 6) is -0.202. The Morgan fingerprint density at radius 1 is 1.10 bits per heavy atom. The Bertz CT molecular complexity index is 610. The van der Waals surface area contributed by atoms with E-state index in [1.54, 1.807) is 12.1 Å². The lowest BCUT2D eigenvalue weighted by molar-refractivity contribution is 0.606. The van der Waals surface area contributed by atoms with Gasteiger partial charge in [-0.25, -0.2) is 4.39 Å². The Morgan fingerprint density at radius 3 is 2.43 bits per heavy atom. The molecule has 0 spiro atoms. The van der Waals surface area contributed by atoms with Crippen LogP contribution in [-0.2, 0) is 0 Å². The minimum absolute atomic E-state index is 0.135. The number of hydrogen-bond donors (Lipinski definition) is 1. The Hall–Kier alpha value is -1.87. The highest BCUT2D eigenvalue weighted by Crippen LogP contribution is 2.22. The quantitative estimate of drug-likeness (QED) is 0.901. The highest BCUT2D eigenvalue weighted by atomic mass is 19.1. The third-order valence-corrected chi connectivity index (χ3v) is 3.95. The molecule has 0 aliphatic rings. The summed E-state index contributed by atoms with van der Waals surface area (Å²) in [5.41, 5.74) is 10.5. The van der Waals surface area contributed by atoms with Crippen LogP contribution in [0, 0.1) is 19.7 Å². The summed E-state index contributed by atoms with van der Waals surface area (Å²) in [4.78, 5) is 1.98. The van der Waals surface area contributed by atoms with E-state index in [0.717, 1.165) is 12.1 Å². The minimum atomic E-state index is -0.202. The lowest BCUT2D eigenvalue weighted by Crippen LogP contribution is -2.32. The van der Waals surface area contributed by atoms with E-state index in [1.807, 2.05) is 17.9 Å². The fraction of sp³-hybridized carbons (Fsp3) is 0.333. The van der Waals surface area contributed by atoms with Gasteiger partial charge in [-0.2, -0.15) is 0 Å². The van der Waals surface area contributed by atoms with Crippen molar-refractivity contribution >= 4 is 5.69 Å². The number of likely N-dealkylation sites (N-methyl/N-ethyl adjacent to an activating group) is 1. The molecule has 0 amide bonds. The number of aryl methyl sites for hydroxylation is 2. The molecule has 2 aromatic carbocycles. The third-order valence-electron chi connectivity index (χ3n) is 3.95. The van der Waals surface area contributed by atoms with Crippen molar-refractivity contribution in [2.75, 3.05) is 18.0 Å². The second kappa shape index (κ2) is 6.72. The van der Waals surface area contributed by atoms with Crippen molar-refractivity contribution in [3.8, 4) is 0 Å². The van der Waals surface area contributed by atoms with E-state index in [0.29, 0.717) is 12.2 Å². The normalized spacial score (nSPS) is 12.2. The van der Waals surface area contributed by atoms with Crippen LogP contribution in [0.4, 0.5) is 10.1 Å². The summed E-state index contributed by atoms with van der Waals surface area (Å²) in [6.07, 6.45) is 0. The van der Waals surface area contributed by atoms with E-state index in [9.17, 15) is 4.39 Å². The van der Waals surface area contributed by atoms with Crippen molar-refractivity contribution < 1.29 is 4.39 Å². The number of hydrogen-bond acceptors (Lipinski definition) is 2. The first-order valence-electron chi connectivity index (χ1n) is 7.35. The zero-order valence-corrected chi connectivity index (χ0v) is 12.9. The second-order valence-corrected chi connectivity index (χ2v) is 5.44. The van der Waals surface area contributed by atoms with Crippen LogP contribution >= 0.6 is 0 Å². The maximum absolute atomic E-state index is 13.9. The summed E-state index contributed by atoms with van der Waals surface area (Å²) in [5, 5.41) is 0. The number of nitrogens with zero attached hydrogens (tertiary/aromatic N) is 1. The molecule has 0 saturated carbocycles. The monoisotopic (exact) mass is 286 g/mol. The predicted molar refractivity (Wildman–Crippen MR) is 87.1 cm³/mol. The van der Waals surface area contributed by atoms with Crippen LogP contribution in [-0.4, -0.2) is 13.1 Å². The highest BCUT2D eigenvalue weighted by Gasteiger charge is 2.15. The van der Waals surface area contributed by atoms with Crippen LogP contribution in [0.3, 0.4) is 0 Å². The zero-order valence-electron chi connectivity index (χ0n) is 12.9. The summed E-state index contributed by atoms with van der Waals surface area (Å²) >= 11 is 0. The van der Waals surface area contributed by atoms with Crippen LogP contribution < -0.4 is 10.6 Å². The van der Waals surface area contributed by atoms with Gasteiger partial charge in [0.1, 0.15) is 5.82 Å². The maximum atomic E-state index is 13.9. The molecule has 0 radical (unpaired) electrons. The Morgan fingerprint density at radius 2 is 1.81 bits per heavy atom. The smallest absolute Gasteiger partial charge is 0.146 e. The summed E-state index contributed by atoms with van der Waals surface area (Å²) in [6.45, 7) is 7.50. The predicted octanol–water partition coefficient (Wildman–Crippen LogP) is 3.97. The average molecular weight is 286 g/mol. The zero-order chi connectivity index (χ0) is 15.4. The molecule has 3 heteroatoms. The molecule has 0 heterocycles. The molecule has 1 atom stereocenters. The van der Waals surface area contributed by atoms with Gasteiger partial charge >= 0.3 is 0 Å². The average Bonchev–Trinajstić information content (AvgIpc) is 2.48. The molecule has 0 aliphatic carbocycles. The molecule has 0 saturated heterocycles. The molecule has 2 rings (SSSR count). The third kappa shape index (κ3) is 3.61. The van der Waals surface area contributed by atoms with Gasteiger partial charge in [0.25, 0.3) is 0 Å². The molecule has 0 aromatic heterocycles. The van der Waals surface area contributed by atoms with E-state index >= 15 is 0 Å². The van der Waals surface area contributed by atoms with Crippen LogP contribution in [0.25, 0.3) is 0 Å². The summed E-state index contributed by atoms with van der Waals surface area (Å²) in [7, 11) is 0. The fourth-order valence-electron chi connectivity index (χ4n) is 2.44. The summed E-state index contributed by atoms with van der Waals surface area (Å²) in [6, 6.07) is 13.0. The molecule has 2 N–H and O–H groups in total. The van der Waals surface area contributed by atoms with Gasteiger partial charge in [0.05, 0.1) is 5.69 Å². The molecule has 1 unspecified atom stereocenters. The van der Waals surface area contributed by atoms with Crippen molar-refractivity contribution in [2.24, 2.45) is 5.73 Å². The van der Waals surface area contributed by atoms with Crippen molar-refractivity contribution in [3.63, 3.8) is 0 Å². The maximum Gasteiger partial charge on any atom is 0.146 e. The standard InChI is InChI=1S/C18H23FN2/c1-4-21(18-8-6-5-7-16(18)19)12-17(20)15-10-9-13(2)14(3)11-15/h5-11,17H,4,12,20H2,1-3H3. The van der Waals surface area contributed by atoms with E-state index in [2.05, 4.69) is 32.0 Å². The van der Waals surface area contributed by atoms with E-state index in [4.69, 9.17) is 5.73 Å². The molecule has 0 fully saturated rings. The van der Waals surface area contributed by atoms with E-state index in [1.165, 1.54) is 17.2 Å². The first-order chi connectivity index (χ1) is 10.0. The lowest BCUT2D eigenvalue weighted by atomic mass is 10.0. The molecule has 0 aliphatic heterocycles. The van der Waals surface area contributed by atoms with Crippen LogP contribution in [0.5, 0.6) is 0 Å². The van der Waals surface area contributed by atoms with E-state index < -0.39 is 0 Å². The van der Waals surface area contributed by atoms with Crippen molar-refractivity contribution in [1.82, 2.24) is 0 Å². The van der Waals surface area contributed by atoms with Gasteiger partial charge in [-0.1, -0.05) is 30.3 Å². The number of para-hydroxylation sites is 1. The van der Waals surface area contributed by atoms with Gasteiger partial charge in [-0.15, -0.1) is 0 Å². The number of benzene rings is 2. The van der Waals surface area contributed by atoms with Gasteiger partial charge < -0.3 is 10.6 Å². The molecule has 2 nitrogen and oxygen atoms in total. The van der Waals surface area contributed by atoms with Gasteiger partial charge in [-0.05, 0) is 49.6 Å². The van der Waals surface area contributed by atoms with Gasteiger partial charge in [0, 0.05) is 19.1 Å². The molecule has 2 aromatic rings. The fourth-order valence-corrected chi connectivity index (χ4v) is 2.44. The van der Waals surface area contributed by atoms with Gasteiger partial charge in [0.2, 0.25) is 0 Å². The highest BCUT2D eigenvalue weighted by molar-refractivity contribution is 5.48. The van der Waals surface area contributed by atoms with Crippen LogP contribution in [0.15, 0.2) is 42.5 Å². The number of halogens is 1. The number of nitrogens with two attached hydrogens (primary N) is 1. The largest absolute Gasteiger partial charge is 0.368 e. The van der Waals surface area contributed by atoms with Gasteiger partial charge in [-0.3, -0.25) is 0 Å². The molecule has 21 heavy (non-hydrogen) atoms. The SMILES string of the molecule is CCN(CC(N)c1ccc(C)c(C)c1)c1ccccc1F. The topological polar surface area (TPSA) is 29.3 Å². The minimum Gasteiger partial charge on any atom is -0.368 e. The number of anilines is 1. The first-order valence-corrected chi connectivity index (χ1v) is 7.35. The van der Waals surface area contributed by atoms with Crippen LogP contribution in [0.2, 0.25) is 0 Å². The molecular weight excluding hydrogens is 263 g/mol. The Balaban J connectivity index is 2.18. The Labute approximate surface area is 126 Å². The lowest BCUT2D eigenvalue weighted by Gasteiger charge is -2.27. The van der Waals surface area contributed by atoms with Crippen molar-refractivity contribution in [3.05, 3.63) is 65.0 Å². The molecular formula is C18H23FN2. The first kappa shape index (κ1) is 15.5. The molecule has 0 bridgehead atoms.